The van der Waals surface area contributed by atoms with Crippen LogP contribution in [0, 0.1) is 6.92 Å². The summed E-state index contributed by atoms with van der Waals surface area (Å²) < 4.78 is 5.79. The minimum atomic E-state index is 0.0441. The van der Waals surface area contributed by atoms with Gasteiger partial charge in [0.1, 0.15) is 11.5 Å². The Morgan fingerprint density at radius 1 is 0.793 bits per heavy atom. The zero-order valence-electron chi connectivity index (χ0n) is 16.8. The van der Waals surface area contributed by atoms with E-state index in [1.165, 1.54) is 5.56 Å². The molecule has 3 nitrogen and oxygen atoms in total. The fourth-order valence-corrected chi connectivity index (χ4v) is 2.70. The molecule has 0 radical (unpaired) electrons. The molecule has 0 amide bonds. The van der Waals surface area contributed by atoms with Crippen LogP contribution in [0.2, 0.25) is 0 Å². The molecule has 154 valence electrons. The molecule has 0 fully saturated rings. The van der Waals surface area contributed by atoms with E-state index in [0.29, 0.717) is 11.5 Å². The number of furan rings is 1. The quantitative estimate of drug-likeness (QED) is 0.283. The van der Waals surface area contributed by atoms with Gasteiger partial charge in [0.2, 0.25) is 0 Å². The van der Waals surface area contributed by atoms with Crippen molar-refractivity contribution in [2.24, 2.45) is 9.98 Å². The number of aliphatic imine (C=N–C) groups is 2. The third-order valence-corrected chi connectivity index (χ3v) is 4.14. The minimum absolute atomic E-state index is 0.0441. The molecule has 6 heteroatoms. The normalized spacial score (nSPS) is 11.8. The first-order valence-electron chi connectivity index (χ1n) is 9.03. The van der Waals surface area contributed by atoms with Gasteiger partial charge in [-0.3, -0.25) is 9.98 Å². The summed E-state index contributed by atoms with van der Waals surface area (Å²) in [6, 6.07) is 20.0. The molecule has 0 unspecified atom stereocenters. The number of halogens is 2. The van der Waals surface area contributed by atoms with Crippen LogP contribution >= 0.6 is 20.2 Å². The summed E-state index contributed by atoms with van der Waals surface area (Å²) in [5, 5.41) is 0. The summed E-state index contributed by atoms with van der Waals surface area (Å²) in [7, 11) is 9.53. The molecule has 3 rings (SSSR count). The SMILES string of the molecule is Cc1ccccc1N=Cc1ccc(C=Nc2ccccc2C(C)(C)C)o1.[Cl][Fe][Cl]. The van der Waals surface area contributed by atoms with E-state index in [2.05, 4.69) is 36.8 Å². The van der Waals surface area contributed by atoms with Crippen molar-refractivity contribution >= 4 is 44.0 Å². The van der Waals surface area contributed by atoms with E-state index in [9.17, 15) is 0 Å². The van der Waals surface area contributed by atoms with Gasteiger partial charge in [0.25, 0.3) is 0 Å². The molecule has 1 heterocycles. The Bertz CT molecular complexity index is 975. The van der Waals surface area contributed by atoms with Crippen molar-refractivity contribution in [3.05, 3.63) is 83.3 Å². The van der Waals surface area contributed by atoms with Crippen LogP contribution in [0.25, 0.3) is 0 Å². The molecular formula is C23H24Cl2FeN2O. The second-order valence-corrected chi connectivity index (χ2v) is 9.18. The first-order valence-corrected chi connectivity index (χ1v) is 12.1. The third-order valence-electron chi connectivity index (χ3n) is 4.14. The molecular weight excluding hydrogens is 447 g/mol. The zero-order valence-corrected chi connectivity index (χ0v) is 19.5. The van der Waals surface area contributed by atoms with Gasteiger partial charge >= 0.3 is 33.3 Å². The van der Waals surface area contributed by atoms with Gasteiger partial charge in [0, 0.05) is 0 Å². The van der Waals surface area contributed by atoms with Crippen molar-refractivity contribution in [1.82, 2.24) is 0 Å². The van der Waals surface area contributed by atoms with Gasteiger partial charge in [-0.25, -0.2) is 0 Å². The van der Waals surface area contributed by atoms with Crippen LogP contribution in [0.4, 0.5) is 11.4 Å². The summed E-state index contributed by atoms with van der Waals surface area (Å²) in [5.41, 5.74) is 4.30. The molecule has 1 aromatic heterocycles. The average molecular weight is 471 g/mol. The molecule has 0 saturated carbocycles. The third kappa shape index (κ3) is 7.49. The Morgan fingerprint density at radius 3 is 1.83 bits per heavy atom. The Hall–Kier alpha value is -1.84. The maximum absolute atomic E-state index is 5.79. The predicted molar refractivity (Wildman–Crippen MR) is 121 cm³/mol. The fraction of sp³-hybridized carbons (Fsp3) is 0.217. The zero-order chi connectivity index (χ0) is 21.3. The molecule has 3 aromatic rings. The van der Waals surface area contributed by atoms with Crippen molar-refractivity contribution in [3.8, 4) is 0 Å². The predicted octanol–water partition coefficient (Wildman–Crippen LogP) is 7.76. The maximum atomic E-state index is 5.79. The number of rotatable bonds is 4. The number of nitrogens with zero attached hydrogens (tertiary/aromatic N) is 2. The van der Waals surface area contributed by atoms with Gasteiger partial charge < -0.3 is 4.42 Å². The van der Waals surface area contributed by atoms with Gasteiger partial charge in [-0.2, -0.15) is 0 Å². The first-order chi connectivity index (χ1) is 13.8. The summed E-state index contributed by atoms with van der Waals surface area (Å²) in [6.45, 7) is 8.61. The van der Waals surface area contributed by atoms with Crippen molar-refractivity contribution < 1.29 is 17.6 Å². The monoisotopic (exact) mass is 470 g/mol. The molecule has 0 N–H and O–H groups in total. The molecule has 2 aromatic carbocycles. The summed E-state index contributed by atoms with van der Waals surface area (Å²) in [6.07, 6.45) is 3.50. The Balaban J connectivity index is 0.000000941. The molecule has 0 aliphatic rings. The number of aryl methyl sites for hydroxylation is 1. The Kier molecular flexibility index (Phi) is 9.19. The Labute approximate surface area is 187 Å². The summed E-state index contributed by atoms with van der Waals surface area (Å²) >= 11 is 0.194. The van der Waals surface area contributed by atoms with Crippen LogP contribution in [0.3, 0.4) is 0 Å². The van der Waals surface area contributed by atoms with Crippen LogP contribution in [0.1, 0.15) is 43.4 Å². The molecule has 0 saturated heterocycles. The number of benzene rings is 2. The number of hydrogen-bond donors (Lipinski definition) is 0. The van der Waals surface area contributed by atoms with Gasteiger partial charge in [-0.1, -0.05) is 57.2 Å². The molecule has 0 spiro atoms. The topological polar surface area (TPSA) is 37.9 Å². The second kappa shape index (κ2) is 11.4. The van der Waals surface area contributed by atoms with E-state index < -0.39 is 0 Å². The van der Waals surface area contributed by atoms with Crippen LogP contribution < -0.4 is 0 Å². The Morgan fingerprint density at radius 2 is 1.28 bits per heavy atom. The van der Waals surface area contributed by atoms with E-state index in [1.54, 1.807) is 12.4 Å². The molecule has 0 bridgehead atoms. The molecule has 29 heavy (non-hydrogen) atoms. The van der Waals surface area contributed by atoms with Gasteiger partial charge in [0.15, 0.2) is 0 Å². The molecule has 0 atom stereocenters. The van der Waals surface area contributed by atoms with E-state index >= 15 is 0 Å². The van der Waals surface area contributed by atoms with Crippen molar-refractivity contribution in [1.29, 1.82) is 0 Å². The van der Waals surface area contributed by atoms with Crippen LogP contribution in [0.5, 0.6) is 0 Å². The van der Waals surface area contributed by atoms with Crippen LogP contribution in [-0.2, 0) is 18.5 Å². The van der Waals surface area contributed by atoms with E-state index in [1.807, 2.05) is 61.5 Å². The van der Waals surface area contributed by atoms with Crippen LogP contribution in [-0.4, -0.2) is 12.4 Å². The van der Waals surface area contributed by atoms with E-state index in [0.717, 1.165) is 16.9 Å². The van der Waals surface area contributed by atoms with Gasteiger partial charge in [-0.05, 0) is 47.7 Å². The fourth-order valence-electron chi connectivity index (χ4n) is 2.70. The standard InChI is InChI=1S/C23H24N2O.2ClH.Fe/c1-17-9-5-7-11-21(17)24-15-18-13-14-19(26-18)16-25-22-12-8-6-10-20(22)23(2,3)4;;;/h5-16H,1-4H3;2*1H;/q;;;+2/p-2. The average Bonchev–Trinajstić information content (AvgIpc) is 3.14. The van der Waals surface area contributed by atoms with E-state index in [4.69, 9.17) is 24.6 Å². The van der Waals surface area contributed by atoms with Crippen molar-refractivity contribution in [2.45, 2.75) is 33.1 Å². The summed E-state index contributed by atoms with van der Waals surface area (Å²) in [5.74, 6) is 1.42. The van der Waals surface area contributed by atoms with Gasteiger partial charge in [-0.15, -0.1) is 0 Å². The van der Waals surface area contributed by atoms with Gasteiger partial charge in [0.05, 0.1) is 23.8 Å². The molecule has 0 aliphatic heterocycles. The number of para-hydroxylation sites is 2. The second-order valence-electron chi connectivity index (χ2n) is 7.36. The summed E-state index contributed by atoms with van der Waals surface area (Å²) in [4.78, 5) is 9.12. The van der Waals surface area contributed by atoms with E-state index in [-0.39, 0.29) is 18.5 Å². The van der Waals surface area contributed by atoms with Crippen LogP contribution in [0.15, 0.2) is 75.1 Å². The van der Waals surface area contributed by atoms with Crippen molar-refractivity contribution in [2.75, 3.05) is 0 Å². The number of hydrogen-bond acceptors (Lipinski definition) is 3. The van der Waals surface area contributed by atoms with Crippen molar-refractivity contribution in [3.63, 3.8) is 0 Å². The first kappa shape index (κ1) is 23.4. The molecule has 0 aliphatic carbocycles.